The molecule has 0 saturated carbocycles. The van der Waals surface area contributed by atoms with E-state index in [2.05, 4.69) is 46.9 Å². The fraction of sp³-hybridized carbons (Fsp3) is 0.625. The van der Waals surface area contributed by atoms with E-state index in [4.69, 9.17) is 13.9 Å². The highest BCUT2D eigenvalue weighted by molar-refractivity contribution is 6.74. The van der Waals surface area contributed by atoms with Crippen LogP contribution in [0.5, 0.6) is 5.75 Å². The van der Waals surface area contributed by atoms with Crippen molar-refractivity contribution in [2.75, 3.05) is 13.7 Å². The van der Waals surface area contributed by atoms with Crippen LogP contribution in [-0.4, -0.2) is 39.2 Å². The first-order valence-corrected chi connectivity index (χ1v) is 13.5. The van der Waals surface area contributed by atoms with Gasteiger partial charge in [0.15, 0.2) is 8.32 Å². The van der Waals surface area contributed by atoms with Crippen molar-refractivity contribution in [3.8, 4) is 5.75 Å². The van der Waals surface area contributed by atoms with Crippen molar-refractivity contribution in [1.29, 1.82) is 0 Å². The maximum absolute atomic E-state index is 11.6. The van der Waals surface area contributed by atoms with Gasteiger partial charge < -0.3 is 19.0 Å². The number of carbonyl (C=O) groups is 1. The van der Waals surface area contributed by atoms with Crippen LogP contribution < -0.4 is 4.74 Å². The summed E-state index contributed by atoms with van der Waals surface area (Å²) in [5, 5.41) is 9.57. The summed E-state index contributed by atoms with van der Waals surface area (Å²) < 4.78 is 17.4. The third kappa shape index (κ3) is 8.62. The van der Waals surface area contributed by atoms with Gasteiger partial charge in [-0.05, 0) is 62.5 Å². The molecule has 30 heavy (non-hydrogen) atoms. The van der Waals surface area contributed by atoms with Crippen molar-refractivity contribution in [2.45, 2.75) is 78.3 Å². The SMILES string of the molecule is COc1ccc(COCC=C(C)CC[C@@H](O[Si](C)(C)C(C)(C)C)C(C)C(=O)O)cc1. The van der Waals surface area contributed by atoms with E-state index in [0.717, 1.165) is 17.7 Å². The summed E-state index contributed by atoms with van der Waals surface area (Å²) in [6, 6.07) is 7.83. The second kappa shape index (κ2) is 11.7. The van der Waals surface area contributed by atoms with Gasteiger partial charge in [0.1, 0.15) is 5.75 Å². The fourth-order valence-electron chi connectivity index (χ4n) is 2.70. The predicted octanol–water partition coefficient (Wildman–Crippen LogP) is 6.05. The summed E-state index contributed by atoms with van der Waals surface area (Å²) in [4.78, 5) is 11.6. The Balaban J connectivity index is 2.58. The molecule has 170 valence electrons. The molecule has 1 aromatic rings. The summed E-state index contributed by atoms with van der Waals surface area (Å²) in [7, 11) is -0.390. The highest BCUT2D eigenvalue weighted by atomic mass is 28.4. The molecule has 0 aromatic heterocycles. The average Bonchev–Trinajstić information content (AvgIpc) is 2.67. The molecule has 1 N–H and O–H groups in total. The molecule has 0 saturated heterocycles. The first-order chi connectivity index (χ1) is 13.9. The van der Waals surface area contributed by atoms with Crippen molar-refractivity contribution in [3.63, 3.8) is 0 Å². The Kier molecular flexibility index (Phi) is 10.3. The lowest BCUT2D eigenvalue weighted by Gasteiger charge is -2.40. The molecule has 0 aliphatic heterocycles. The molecule has 1 aromatic carbocycles. The second-order valence-corrected chi connectivity index (χ2v) is 14.3. The fourth-order valence-corrected chi connectivity index (χ4v) is 4.13. The Morgan fingerprint density at radius 3 is 2.30 bits per heavy atom. The van der Waals surface area contributed by atoms with E-state index in [1.165, 1.54) is 5.57 Å². The quantitative estimate of drug-likeness (QED) is 0.245. The first-order valence-electron chi connectivity index (χ1n) is 10.6. The molecule has 0 amide bonds. The van der Waals surface area contributed by atoms with Gasteiger partial charge in [0, 0.05) is 0 Å². The van der Waals surface area contributed by atoms with E-state index in [0.29, 0.717) is 19.6 Å². The van der Waals surface area contributed by atoms with Crippen LogP contribution in [0.2, 0.25) is 18.1 Å². The highest BCUT2D eigenvalue weighted by Gasteiger charge is 2.41. The Hall–Kier alpha value is -1.63. The van der Waals surface area contributed by atoms with Gasteiger partial charge in [0.2, 0.25) is 0 Å². The van der Waals surface area contributed by atoms with Crippen LogP contribution in [0.25, 0.3) is 0 Å². The van der Waals surface area contributed by atoms with E-state index in [1.807, 2.05) is 24.3 Å². The van der Waals surface area contributed by atoms with Gasteiger partial charge in [-0.15, -0.1) is 0 Å². The number of hydrogen-bond donors (Lipinski definition) is 1. The van der Waals surface area contributed by atoms with E-state index < -0.39 is 20.2 Å². The first kappa shape index (κ1) is 26.4. The van der Waals surface area contributed by atoms with E-state index in [1.54, 1.807) is 14.0 Å². The molecule has 5 nitrogen and oxygen atoms in total. The monoisotopic (exact) mass is 436 g/mol. The minimum atomic E-state index is -2.04. The molecule has 6 heteroatoms. The summed E-state index contributed by atoms with van der Waals surface area (Å²) in [6.45, 7) is 15.7. The van der Waals surface area contributed by atoms with Gasteiger partial charge in [-0.25, -0.2) is 0 Å². The van der Waals surface area contributed by atoms with Crippen LogP contribution in [0.4, 0.5) is 0 Å². The largest absolute Gasteiger partial charge is 0.497 e. The molecule has 0 bridgehead atoms. The maximum atomic E-state index is 11.6. The van der Waals surface area contributed by atoms with E-state index in [9.17, 15) is 9.90 Å². The Morgan fingerprint density at radius 1 is 1.20 bits per heavy atom. The second-order valence-electron chi connectivity index (χ2n) is 9.50. The highest BCUT2D eigenvalue weighted by Crippen LogP contribution is 2.38. The molecular formula is C24H40O5Si. The number of ether oxygens (including phenoxy) is 2. The maximum Gasteiger partial charge on any atom is 0.308 e. The summed E-state index contributed by atoms with van der Waals surface area (Å²) in [6.07, 6.45) is 3.27. The van der Waals surface area contributed by atoms with Crippen LogP contribution in [0.15, 0.2) is 35.9 Å². The number of carboxylic acids is 1. The average molecular weight is 437 g/mol. The van der Waals surface area contributed by atoms with Gasteiger partial charge in [-0.3, -0.25) is 4.79 Å². The zero-order valence-corrected chi connectivity index (χ0v) is 21.0. The normalized spacial score (nSPS) is 15.0. The molecular weight excluding hydrogens is 396 g/mol. The van der Waals surface area contributed by atoms with Crippen LogP contribution in [0, 0.1) is 5.92 Å². The molecule has 0 heterocycles. The number of benzene rings is 1. The third-order valence-corrected chi connectivity index (χ3v) is 10.5. The molecule has 0 spiro atoms. The standard InChI is InChI=1S/C24H40O5Si/c1-18(15-16-28-17-20-10-12-21(27-6)13-11-20)9-14-22(19(2)23(25)26)29-30(7,8)24(3,4)5/h10-13,15,19,22H,9,14,16-17H2,1-8H3,(H,25,26)/t19?,22-/m1/s1. The zero-order valence-electron chi connectivity index (χ0n) is 20.0. The smallest absolute Gasteiger partial charge is 0.308 e. The number of rotatable bonds is 12. The van der Waals surface area contributed by atoms with E-state index >= 15 is 0 Å². The van der Waals surface area contributed by atoms with Crippen molar-refractivity contribution in [2.24, 2.45) is 5.92 Å². The number of aliphatic carboxylic acids is 1. The molecule has 0 radical (unpaired) electrons. The zero-order chi connectivity index (χ0) is 22.9. The van der Waals surface area contributed by atoms with Crippen molar-refractivity contribution >= 4 is 14.3 Å². The van der Waals surface area contributed by atoms with Crippen LogP contribution in [0.1, 0.15) is 53.0 Å². The van der Waals surface area contributed by atoms with Gasteiger partial charge >= 0.3 is 5.97 Å². The van der Waals surface area contributed by atoms with Gasteiger partial charge in [0.05, 0.1) is 32.3 Å². The minimum Gasteiger partial charge on any atom is -0.497 e. The number of methoxy groups -OCH3 is 1. The summed E-state index contributed by atoms with van der Waals surface area (Å²) in [5.74, 6) is -0.499. The van der Waals surface area contributed by atoms with Crippen molar-refractivity contribution in [3.05, 3.63) is 41.5 Å². The van der Waals surface area contributed by atoms with Crippen LogP contribution >= 0.6 is 0 Å². The Bertz CT molecular complexity index is 689. The third-order valence-electron chi connectivity index (χ3n) is 6.00. The van der Waals surface area contributed by atoms with Gasteiger partial charge in [-0.2, -0.15) is 0 Å². The van der Waals surface area contributed by atoms with Gasteiger partial charge in [0.25, 0.3) is 0 Å². The van der Waals surface area contributed by atoms with Gasteiger partial charge in [-0.1, -0.05) is 44.6 Å². The summed E-state index contributed by atoms with van der Waals surface area (Å²) in [5.41, 5.74) is 2.28. The topological polar surface area (TPSA) is 65.0 Å². The number of carboxylic acid groups (broad SMARTS) is 1. The van der Waals surface area contributed by atoms with E-state index in [-0.39, 0.29) is 11.1 Å². The summed E-state index contributed by atoms with van der Waals surface area (Å²) >= 11 is 0. The molecule has 0 fully saturated rings. The molecule has 1 rings (SSSR count). The lowest BCUT2D eigenvalue weighted by Crippen LogP contribution is -2.46. The molecule has 1 unspecified atom stereocenters. The predicted molar refractivity (Wildman–Crippen MR) is 125 cm³/mol. The Morgan fingerprint density at radius 2 is 1.80 bits per heavy atom. The lowest BCUT2D eigenvalue weighted by atomic mass is 9.98. The number of allylic oxidation sites excluding steroid dienone is 1. The minimum absolute atomic E-state index is 0.0453. The molecule has 0 aliphatic carbocycles. The van der Waals surface area contributed by atoms with Crippen LogP contribution in [-0.2, 0) is 20.6 Å². The molecule has 2 atom stereocenters. The molecule has 0 aliphatic rings. The number of hydrogen-bond acceptors (Lipinski definition) is 4. The van der Waals surface area contributed by atoms with Crippen LogP contribution in [0.3, 0.4) is 0 Å². The lowest BCUT2D eigenvalue weighted by molar-refractivity contribution is -0.144. The van der Waals surface area contributed by atoms with Crippen molar-refractivity contribution in [1.82, 2.24) is 0 Å². The van der Waals surface area contributed by atoms with Crippen molar-refractivity contribution < 1.29 is 23.8 Å². The Labute approximate surface area is 183 Å².